The molecule has 0 aromatic carbocycles. The molecule has 0 aliphatic carbocycles. The molecule has 0 N–H and O–H groups in total. The highest BCUT2D eigenvalue weighted by Gasteiger charge is 2.18. The maximum absolute atomic E-state index is 11.4. The second-order valence-electron chi connectivity index (χ2n) is 3.30. The number of ether oxygens (including phenoxy) is 1. The summed E-state index contributed by atoms with van der Waals surface area (Å²) in [7, 11) is 0. The van der Waals surface area contributed by atoms with Crippen LogP contribution in [0.2, 0.25) is 0 Å². The second-order valence-corrected chi connectivity index (χ2v) is 3.30. The van der Waals surface area contributed by atoms with Crippen molar-refractivity contribution in [1.29, 1.82) is 0 Å². The molecule has 0 bridgehead atoms. The number of hydrogen-bond acceptors (Lipinski definition) is 5. The molecule has 1 aromatic heterocycles. The Labute approximate surface area is 88.1 Å². The maximum Gasteiger partial charge on any atom is 0.357 e. The third-order valence-corrected chi connectivity index (χ3v) is 2.27. The molecule has 1 saturated heterocycles. The van der Waals surface area contributed by atoms with Crippen LogP contribution in [0.4, 0.5) is 5.95 Å². The maximum atomic E-state index is 11.4. The number of anilines is 1. The first kappa shape index (κ1) is 9.89. The normalized spacial score (nSPS) is 14.6. The molecular weight excluding hydrogens is 194 g/mol. The van der Waals surface area contributed by atoms with Crippen LogP contribution in [0.15, 0.2) is 12.3 Å². The first-order valence-electron chi connectivity index (χ1n) is 5.06. The number of hydrogen-bond donors (Lipinski definition) is 0. The van der Waals surface area contributed by atoms with E-state index in [1.54, 1.807) is 19.2 Å². The molecule has 0 spiro atoms. The van der Waals surface area contributed by atoms with Crippen molar-refractivity contribution in [2.24, 2.45) is 0 Å². The average molecular weight is 207 g/mol. The van der Waals surface area contributed by atoms with Gasteiger partial charge in [-0.3, -0.25) is 0 Å². The lowest BCUT2D eigenvalue weighted by atomic mass is 10.2. The molecular formula is C10H13N3O2. The van der Waals surface area contributed by atoms with Crippen molar-refractivity contribution in [1.82, 2.24) is 9.97 Å². The molecule has 1 aromatic rings. The fourth-order valence-electron chi connectivity index (χ4n) is 1.34. The average Bonchev–Trinajstić information content (AvgIpc) is 2.16. The lowest BCUT2D eigenvalue weighted by Gasteiger charge is -2.30. The number of rotatable bonds is 3. The number of esters is 1. The highest BCUT2D eigenvalue weighted by molar-refractivity contribution is 5.87. The van der Waals surface area contributed by atoms with Gasteiger partial charge in [-0.25, -0.2) is 14.8 Å². The zero-order valence-corrected chi connectivity index (χ0v) is 8.64. The highest BCUT2D eigenvalue weighted by Crippen LogP contribution is 2.15. The van der Waals surface area contributed by atoms with E-state index >= 15 is 0 Å². The molecule has 5 heteroatoms. The third-order valence-electron chi connectivity index (χ3n) is 2.27. The van der Waals surface area contributed by atoms with Gasteiger partial charge in [-0.05, 0) is 19.4 Å². The minimum atomic E-state index is -0.387. The number of carbonyl (C=O) groups excluding carboxylic acids is 1. The van der Waals surface area contributed by atoms with E-state index in [1.807, 2.05) is 4.90 Å². The van der Waals surface area contributed by atoms with E-state index in [-0.39, 0.29) is 5.97 Å². The van der Waals surface area contributed by atoms with Crippen LogP contribution in [0.25, 0.3) is 0 Å². The second kappa shape index (κ2) is 4.25. The van der Waals surface area contributed by atoms with Crippen molar-refractivity contribution in [3.8, 4) is 0 Å². The monoisotopic (exact) mass is 207 g/mol. The fraction of sp³-hybridized carbons (Fsp3) is 0.500. The van der Waals surface area contributed by atoms with Crippen LogP contribution in [0.5, 0.6) is 0 Å². The van der Waals surface area contributed by atoms with Crippen LogP contribution in [-0.4, -0.2) is 35.6 Å². The van der Waals surface area contributed by atoms with Crippen molar-refractivity contribution in [2.75, 3.05) is 24.6 Å². The fourth-order valence-corrected chi connectivity index (χ4v) is 1.34. The largest absolute Gasteiger partial charge is 0.461 e. The third kappa shape index (κ3) is 2.06. The highest BCUT2D eigenvalue weighted by atomic mass is 16.5. The summed E-state index contributed by atoms with van der Waals surface area (Å²) in [4.78, 5) is 21.7. The van der Waals surface area contributed by atoms with Gasteiger partial charge in [0.05, 0.1) is 6.61 Å². The van der Waals surface area contributed by atoms with E-state index in [2.05, 4.69) is 9.97 Å². The predicted molar refractivity (Wildman–Crippen MR) is 54.8 cm³/mol. The van der Waals surface area contributed by atoms with Gasteiger partial charge in [0.25, 0.3) is 0 Å². The van der Waals surface area contributed by atoms with Gasteiger partial charge in [0.2, 0.25) is 5.95 Å². The smallest absolute Gasteiger partial charge is 0.357 e. The van der Waals surface area contributed by atoms with E-state index in [0.29, 0.717) is 18.2 Å². The Hall–Kier alpha value is -1.65. The van der Waals surface area contributed by atoms with Gasteiger partial charge in [0.15, 0.2) is 5.69 Å². The van der Waals surface area contributed by atoms with E-state index in [0.717, 1.165) is 19.5 Å². The zero-order chi connectivity index (χ0) is 10.7. The van der Waals surface area contributed by atoms with Gasteiger partial charge >= 0.3 is 5.97 Å². The Kier molecular flexibility index (Phi) is 2.80. The quantitative estimate of drug-likeness (QED) is 0.688. The van der Waals surface area contributed by atoms with Crippen molar-refractivity contribution < 1.29 is 9.53 Å². The van der Waals surface area contributed by atoms with Gasteiger partial charge in [0, 0.05) is 19.3 Å². The van der Waals surface area contributed by atoms with Crippen LogP contribution in [0.3, 0.4) is 0 Å². The van der Waals surface area contributed by atoms with Gasteiger partial charge in [0.1, 0.15) is 0 Å². The minimum Gasteiger partial charge on any atom is -0.461 e. The molecule has 0 radical (unpaired) electrons. The Morgan fingerprint density at radius 1 is 1.60 bits per heavy atom. The van der Waals surface area contributed by atoms with E-state index in [4.69, 9.17) is 4.74 Å². The van der Waals surface area contributed by atoms with Gasteiger partial charge in [-0.2, -0.15) is 0 Å². The van der Waals surface area contributed by atoms with Crippen molar-refractivity contribution in [2.45, 2.75) is 13.3 Å². The Morgan fingerprint density at radius 2 is 2.40 bits per heavy atom. The molecule has 0 unspecified atom stereocenters. The first-order valence-corrected chi connectivity index (χ1v) is 5.06. The molecule has 1 aliphatic rings. The molecule has 80 valence electrons. The van der Waals surface area contributed by atoms with E-state index < -0.39 is 0 Å². The molecule has 2 heterocycles. The van der Waals surface area contributed by atoms with Gasteiger partial charge in [-0.15, -0.1) is 0 Å². The van der Waals surface area contributed by atoms with Crippen LogP contribution in [0, 0.1) is 0 Å². The van der Waals surface area contributed by atoms with E-state index in [1.165, 1.54) is 0 Å². The van der Waals surface area contributed by atoms with Crippen LogP contribution >= 0.6 is 0 Å². The first-order chi connectivity index (χ1) is 7.31. The number of nitrogens with zero attached hydrogens (tertiary/aromatic N) is 3. The summed E-state index contributed by atoms with van der Waals surface area (Å²) in [6.07, 6.45) is 2.75. The van der Waals surface area contributed by atoms with Crippen LogP contribution in [-0.2, 0) is 4.74 Å². The predicted octanol–water partition coefficient (Wildman–Crippen LogP) is 0.863. The summed E-state index contributed by atoms with van der Waals surface area (Å²) in [6, 6.07) is 1.57. The van der Waals surface area contributed by atoms with E-state index in [9.17, 15) is 4.79 Å². The lowest BCUT2D eigenvalue weighted by molar-refractivity contribution is 0.0519. The van der Waals surface area contributed by atoms with Crippen LogP contribution in [0.1, 0.15) is 23.8 Å². The molecule has 2 rings (SSSR count). The topological polar surface area (TPSA) is 55.3 Å². The summed E-state index contributed by atoms with van der Waals surface area (Å²) in [5.74, 6) is 0.230. The van der Waals surface area contributed by atoms with Crippen molar-refractivity contribution in [3.05, 3.63) is 18.0 Å². The lowest BCUT2D eigenvalue weighted by Crippen LogP contribution is -2.38. The van der Waals surface area contributed by atoms with Crippen molar-refractivity contribution in [3.63, 3.8) is 0 Å². The molecule has 1 aliphatic heterocycles. The summed E-state index contributed by atoms with van der Waals surface area (Å²) >= 11 is 0. The molecule has 0 saturated carbocycles. The Morgan fingerprint density at radius 3 is 3.00 bits per heavy atom. The van der Waals surface area contributed by atoms with Gasteiger partial charge < -0.3 is 9.64 Å². The molecule has 0 amide bonds. The summed E-state index contributed by atoms with van der Waals surface area (Å²) in [5, 5.41) is 0. The Balaban J connectivity index is 2.14. The summed E-state index contributed by atoms with van der Waals surface area (Å²) in [6.45, 7) is 4.07. The number of carbonyl (C=O) groups is 1. The summed E-state index contributed by atoms with van der Waals surface area (Å²) in [5.41, 5.74) is 0.328. The number of aromatic nitrogens is 2. The molecule has 0 atom stereocenters. The van der Waals surface area contributed by atoms with Gasteiger partial charge in [-0.1, -0.05) is 0 Å². The van der Waals surface area contributed by atoms with Crippen LogP contribution < -0.4 is 4.90 Å². The molecule has 1 fully saturated rings. The zero-order valence-electron chi connectivity index (χ0n) is 8.64. The molecule has 15 heavy (non-hydrogen) atoms. The molecule has 5 nitrogen and oxygen atoms in total. The van der Waals surface area contributed by atoms with Crippen molar-refractivity contribution >= 4 is 11.9 Å². The SMILES string of the molecule is CCOC(=O)c1ccnc(N2CCC2)n1. The standard InChI is InChI=1S/C10H13N3O2/c1-2-15-9(14)8-4-5-11-10(12-8)13-6-3-7-13/h4-5H,2-3,6-7H2,1H3. The summed E-state index contributed by atoms with van der Waals surface area (Å²) < 4.78 is 4.87. The Bertz CT molecular complexity index is 363. The minimum absolute atomic E-state index is 0.328.